The Balaban J connectivity index is 2.76. The van der Waals surface area contributed by atoms with Crippen LogP contribution in [-0.2, 0) is 11.2 Å². The predicted octanol–water partition coefficient (Wildman–Crippen LogP) is 1.73. The summed E-state index contributed by atoms with van der Waals surface area (Å²) in [5.41, 5.74) is -0.590. The number of phenols is 1. The molecule has 0 unspecified atom stereocenters. The van der Waals surface area contributed by atoms with Crippen molar-refractivity contribution in [2.45, 2.75) is 38.8 Å². The van der Waals surface area contributed by atoms with Gasteiger partial charge in [-0.15, -0.1) is 0 Å². The second kappa shape index (κ2) is 7.08. The standard InChI is InChI=1S/C14H20N2O6/c1-14(2,3)22-13(19)15-10(8-17)6-9-4-5-12(18)11(7-9)16(20)21/h4-5,7,10,17-18H,6,8H2,1-3H3,(H,15,19)/t10-/m0/s1. The van der Waals surface area contributed by atoms with Gasteiger partial charge in [0.2, 0.25) is 0 Å². The lowest BCUT2D eigenvalue weighted by Crippen LogP contribution is -2.42. The summed E-state index contributed by atoms with van der Waals surface area (Å²) in [6.07, 6.45) is -0.517. The van der Waals surface area contributed by atoms with Crippen molar-refractivity contribution in [3.05, 3.63) is 33.9 Å². The molecule has 0 bridgehead atoms. The van der Waals surface area contributed by atoms with Crippen LogP contribution < -0.4 is 5.32 Å². The van der Waals surface area contributed by atoms with Gasteiger partial charge in [0.25, 0.3) is 0 Å². The van der Waals surface area contributed by atoms with Crippen molar-refractivity contribution in [3.8, 4) is 5.75 Å². The molecule has 1 aromatic carbocycles. The maximum absolute atomic E-state index is 11.7. The van der Waals surface area contributed by atoms with Crippen molar-refractivity contribution in [2.75, 3.05) is 6.61 Å². The number of rotatable bonds is 5. The van der Waals surface area contributed by atoms with E-state index in [9.17, 15) is 25.1 Å². The Bertz CT molecular complexity index is 553. The second-order valence-corrected chi connectivity index (χ2v) is 5.81. The topological polar surface area (TPSA) is 122 Å². The van der Waals surface area contributed by atoms with Gasteiger partial charge in [-0.2, -0.15) is 0 Å². The third kappa shape index (κ3) is 5.57. The normalized spacial score (nSPS) is 12.5. The van der Waals surface area contributed by atoms with Crippen molar-refractivity contribution in [1.29, 1.82) is 0 Å². The summed E-state index contributed by atoms with van der Waals surface area (Å²) in [7, 11) is 0. The van der Waals surface area contributed by atoms with E-state index < -0.39 is 34.1 Å². The first-order chi connectivity index (χ1) is 10.1. The lowest BCUT2D eigenvalue weighted by molar-refractivity contribution is -0.385. The Morgan fingerprint density at radius 3 is 2.59 bits per heavy atom. The van der Waals surface area contributed by atoms with Crippen LogP contribution in [0.2, 0.25) is 0 Å². The van der Waals surface area contributed by atoms with Gasteiger partial charge < -0.3 is 20.3 Å². The molecule has 1 atom stereocenters. The highest BCUT2D eigenvalue weighted by Gasteiger charge is 2.20. The van der Waals surface area contributed by atoms with E-state index in [0.717, 1.165) is 0 Å². The van der Waals surface area contributed by atoms with Crippen LogP contribution in [0, 0.1) is 10.1 Å². The molecule has 0 aromatic heterocycles. The zero-order chi connectivity index (χ0) is 16.9. The lowest BCUT2D eigenvalue weighted by Gasteiger charge is -2.22. The highest BCUT2D eigenvalue weighted by Crippen LogP contribution is 2.26. The maximum atomic E-state index is 11.7. The summed E-state index contributed by atoms with van der Waals surface area (Å²) in [4.78, 5) is 21.7. The van der Waals surface area contributed by atoms with E-state index in [-0.39, 0.29) is 13.0 Å². The molecular weight excluding hydrogens is 292 g/mol. The van der Waals surface area contributed by atoms with Gasteiger partial charge in [0.15, 0.2) is 5.75 Å². The number of nitrogens with zero attached hydrogens (tertiary/aromatic N) is 1. The fraction of sp³-hybridized carbons (Fsp3) is 0.500. The van der Waals surface area contributed by atoms with Crippen molar-refractivity contribution in [2.24, 2.45) is 0 Å². The molecule has 1 rings (SSSR count). The molecule has 0 aliphatic rings. The van der Waals surface area contributed by atoms with Gasteiger partial charge in [-0.05, 0) is 38.8 Å². The van der Waals surface area contributed by atoms with Crippen LogP contribution in [0.25, 0.3) is 0 Å². The van der Waals surface area contributed by atoms with Crippen LogP contribution in [0.4, 0.5) is 10.5 Å². The third-order valence-electron chi connectivity index (χ3n) is 2.66. The number of benzene rings is 1. The Labute approximate surface area is 127 Å². The molecule has 3 N–H and O–H groups in total. The van der Waals surface area contributed by atoms with Gasteiger partial charge in [0.1, 0.15) is 5.60 Å². The molecule has 8 heteroatoms. The minimum atomic E-state index is -0.700. The Morgan fingerprint density at radius 2 is 2.09 bits per heavy atom. The number of carbonyl (C=O) groups is 1. The smallest absolute Gasteiger partial charge is 0.407 e. The van der Waals surface area contributed by atoms with Gasteiger partial charge >= 0.3 is 11.8 Å². The number of aliphatic hydroxyl groups excluding tert-OH is 1. The molecule has 0 saturated heterocycles. The Morgan fingerprint density at radius 1 is 1.45 bits per heavy atom. The van der Waals surface area contributed by atoms with E-state index in [4.69, 9.17) is 4.74 Å². The number of aromatic hydroxyl groups is 1. The maximum Gasteiger partial charge on any atom is 0.407 e. The molecule has 0 spiro atoms. The molecule has 0 saturated carbocycles. The summed E-state index contributed by atoms with van der Waals surface area (Å²) in [5, 5.41) is 32.0. The van der Waals surface area contributed by atoms with Crippen LogP contribution in [0.1, 0.15) is 26.3 Å². The monoisotopic (exact) mass is 312 g/mol. The van der Waals surface area contributed by atoms with Crippen LogP contribution in [0.15, 0.2) is 18.2 Å². The minimum absolute atomic E-state index is 0.164. The molecule has 0 heterocycles. The number of nitro groups is 1. The lowest BCUT2D eigenvalue weighted by atomic mass is 10.1. The number of nitro benzene ring substituents is 1. The number of hydrogen-bond donors (Lipinski definition) is 3. The molecule has 22 heavy (non-hydrogen) atoms. The van der Waals surface area contributed by atoms with E-state index in [1.165, 1.54) is 18.2 Å². The van der Waals surface area contributed by atoms with E-state index in [0.29, 0.717) is 5.56 Å². The van der Waals surface area contributed by atoms with E-state index in [1.54, 1.807) is 20.8 Å². The van der Waals surface area contributed by atoms with Crippen LogP contribution in [0.5, 0.6) is 5.75 Å². The summed E-state index contributed by atoms with van der Waals surface area (Å²) < 4.78 is 5.08. The first kappa shape index (κ1) is 17.7. The molecule has 0 fully saturated rings. The molecule has 8 nitrogen and oxygen atoms in total. The SMILES string of the molecule is CC(C)(C)OC(=O)N[C@H](CO)Cc1ccc(O)c([N+](=O)[O-])c1. The molecule has 1 aromatic rings. The molecule has 122 valence electrons. The van der Waals surface area contributed by atoms with Gasteiger partial charge in [0.05, 0.1) is 17.6 Å². The number of ether oxygens (including phenoxy) is 1. The fourth-order valence-corrected chi connectivity index (χ4v) is 1.76. The quantitative estimate of drug-likeness (QED) is 0.562. The van der Waals surface area contributed by atoms with Crippen LogP contribution in [-0.4, -0.2) is 39.5 Å². The predicted molar refractivity (Wildman–Crippen MR) is 78.7 cm³/mol. The van der Waals surface area contributed by atoms with E-state index >= 15 is 0 Å². The Hall–Kier alpha value is -2.35. The highest BCUT2D eigenvalue weighted by atomic mass is 16.6. The van der Waals surface area contributed by atoms with E-state index in [2.05, 4.69) is 5.32 Å². The summed E-state index contributed by atoms with van der Waals surface area (Å²) in [5.74, 6) is -0.436. The number of hydrogen-bond acceptors (Lipinski definition) is 6. The summed E-state index contributed by atoms with van der Waals surface area (Å²) in [6.45, 7) is 4.78. The molecule has 0 radical (unpaired) electrons. The van der Waals surface area contributed by atoms with Crippen LogP contribution >= 0.6 is 0 Å². The number of aliphatic hydroxyl groups is 1. The van der Waals surface area contributed by atoms with Crippen molar-refractivity contribution >= 4 is 11.8 Å². The zero-order valence-corrected chi connectivity index (χ0v) is 12.7. The zero-order valence-electron chi connectivity index (χ0n) is 12.7. The molecular formula is C14H20N2O6. The van der Waals surface area contributed by atoms with Crippen molar-refractivity contribution in [3.63, 3.8) is 0 Å². The number of nitrogens with one attached hydrogen (secondary N) is 1. The van der Waals surface area contributed by atoms with Crippen molar-refractivity contribution in [1.82, 2.24) is 5.32 Å². The average molecular weight is 312 g/mol. The largest absolute Gasteiger partial charge is 0.502 e. The fourth-order valence-electron chi connectivity index (χ4n) is 1.76. The number of amides is 1. The number of alkyl carbamates (subject to hydrolysis) is 1. The first-order valence-corrected chi connectivity index (χ1v) is 6.69. The second-order valence-electron chi connectivity index (χ2n) is 5.81. The first-order valence-electron chi connectivity index (χ1n) is 6.69. The van der Waals surface area contributed by atoms with Gasteiger partial charge in [-0.3, -0.25) is 10.1 Å². The summed E-state index contributed by atoms with van der Waals surface area (Å²) >= 11 is 0. The average Bonchev–Trinajstić information content (AvgIpc) is 2.37. The van der Waals surface area contributed by atoms with Gasteiger partial charge in [-0.25, -0.2) is 4.79 Å². The van der Waals surface area contributed by atoms with E-state index in [1.807, 2.05) is 0 Å². The molecule has 0 aliphatic carbocycles. The highest BCUT2D eigenvalue weighted by molar-refractivity contribution is 5.68. The number of phenolic OH excluding ortho intramolecular Hbond substituents is 1. The minimum Gasteiger partial charge on any atom is -0.502 e. The molecule has 1 amide bonds. The third-order valence-corrected chi connectivity index (χ3v) is 2.66. The molecule has 0 aliphatic heterocycles. The van der Waals surface area contributed by atoms with Crippen LogP contribution in [0.3, 0.4) is 0 Å². The Kier molecular flexibility index (Phi) is 5.69. The van der Waals surface area contributed by atoms with Gasteiger partial charge in [-0.1, -0.05) is 6.07 Å². The van der Waals surface area contributed by atoms with Gasteiger partial charge in [0, 0.05) is 6.07 Å². The van der Waals surface area contributed by atoms with Crippen molar-refractivity contribution < 1.29 is 24.7 Å². The number of carbonyl (C=O) groups excluding carboxylic acids is 1. The summed E-state index contributed by atoms with van der Waals surface area (Å²) in [6, 6.07) is 3.24.